The van der Waals surface area contributed by atoms with Crippen LogP contribution in [0.4, 0.5) is 5.69 Å². The van der Waals surface area contributed by atoms with Gasteiger partial charge in [0.2, 0.25) is 0 Å². The van der Waals surface area contributed by atoms with Crippen LogP contribution in [0.1, 0.15) is 0 Å². The van der Waals surface area contributed by atoms with Gasteiger partial charge < -0.3 is 10.2 Å². The number of hydrogen-bond acceptors (Lipinski definition) is 3. The van der Waals surface area contributed by atoms with Crippen molar-refractivity contribution in [3.63, 3.8) is 0 Å². The van der Waals surface area contributed by atoms with Crippen LogP contribution in [0.25, 0.3) is 11.0 Å². The van der Waals surface area contributed by atoms with Crippen molar-refractivity contribution in [1.29, 1.82) is 0 Å². The highest BCUT2D eigenvalue weighted by Gasteiger charge is 2.08. The van der Waals surface area contributed by atoms with Crippen LogP contribution in [0.5, 0.6) is 0 Å². The molecule has 0 radical (unpaired) electrons. The molecule has 1 aromatic heterocycles. The van der Waals surface area contributed by atoms with Gasteiger partial charge in [0.05, 0.1) is 10.0 Å². The minimum absolute atomic E-state index is 0.0154. The van der Waals surface area contributed by atoms with E-state index in [9.17, 15) is 4.79 Å². The van der Waals surface area contributed by atoms with Gasteiger partial charge in [-0.2, -0.15) is 0 Å². The summed E-state index contributed by atoms with van der Waals surface area (Å²) in [5.41, 5.74) is 5.07. The fourth-order valence-corrected chi connectivity index (χ4v) is 1.56. The lowest BCUT2D eigenvalue weighted by Crippen LogP contribution is -2.05. The zero-order valence-corrected chi connectivity index (χ0v) is 8.39. The predicted molar refractivity (Wildman–Crippen MR) is 56.9 cm³/mol. The summed E-state index contributed by atoms with van der Waals surface area (Å²) in [4.78, 5) is 11.1. The molecule has 0 atom stereocenters. The van der Waals surface area contributed by atoms with E-state index < -0.39 is 5.63 Å². The Morgan fingerprint density at radius 1 is 1.21 bits per heavy atom. The van der Waals surface area contributed by atoms with E-state index in [1.165, 1.54) is 6.07 Å². The van der Waals surface area contributed by atoms with Crippen LogP contribution in [-0.4, -0.2) is 0 Å². The van der Waals surface area contributed by atoms with Crippen LogP contribution < -0.4 is 11.4 Å². The number of benzene rings is 1. The van der Waals surface area contributed by atoms with Crippen LogP contribution >= 0.6 is 23.2 Å². The summed E-state index contributed by atoms with van der Waals surface area (Å²) in [6, 6.07) is 4.63. The number of halogens is 2. The summed E-state index contributed by atoms with van der Waals surface area (Å²) in [5.74, 6) is 0. The Morgan fingerprint density at radius 3 is 2.57 bits per heavy atom. The van der Waals surface area contributed by atoms with Gasteiger partial charge in [0.1, 0.15) is 5.69 Å². The van der Waals surface area contributed by atoms with Gasteiger partial charge in [-0.05, 0) is 18.2 Å². The molecule has 2 rings (SSSR count). The molecular weight excluding hydrogens is 225 g/mol. The minimum atomic E-state index is -0.610. The Hall–Kier alpha value is -1.19. The molecule has 2 N–H and O–H groups in total. The van der Waals surface area contributed by atoms with E-state index in [2.05, 4.69) is 0 Å². The molecule has 0 saturated heterocycles. The number of anilines is 1. The Morgan fingerprint density at radius 2 is 1.86 bits per heavy atom. The van der Waals surface area contributed by atoms with Crippen LogP contribution in [-0.2, 0) is 0 Å². The molecule has 0 aliphatic carbocycles. The number of fused-ring (bicyclic) bond motifs is 1. The Labute approximate surface area is 89.0 Å². The molecule has 3 nitrogen and oxygen atoms in total. The van der Waals surface area contributed by atoms with Crippen molar-refractivity contribution >= 4 is 39.9 Å². The van der Waals surface area contributed by atoms with Crippen molar-refractivity contribution in [3.05, 3.63) is 38.7 Å². The maximum Gasteiger partial charge on any atom is 0.359 e. The topological polar surface area (TPSA) is 56.2 Å². The number of nitrogens with two attached hydrogens (primary N) is 1. The minimum Gasteiger partial charge on any atom is -0.420 e. The fraction of sp³-hybridized carbons (Fsp3) is 0. The molecule has 1 aromatic carbocycles. The van der Waals surface area contributed by atoms with Gasteiger partial charge in [-0.3, -0.25) is 0 Å². The SMILES string of the molecule is Nc1cc2c(Cl)ccc(Cl)c2oc1=O. The molecule has 0 saturated carbocycles. The van der Waals surface area contributed by atoms with Crippen molar-refractivity contribution < 1.29 is 4.42 Å². The molecule has 0 unspecified atom stereocenters. The second-order valence-corrected chi connectivity index (χ2v) is 3.58. The van der Waals surface area contributed by atoms with Gasteiger partial charge >= 0.3 is 5.63 Å². The van der Waals surface area contributed by atoms with Crippen LogP contribution in [0.3, 0.4) is 0 Å². The third kappa shape index (κ3) is 1.35. The van der Waals surface area contributed by atoms with Gasteiger partial charge in [0.25, 0.3) is 0 Å². The van der Waals surface area contributed by atoms with Gasteiger partial charge in [0.15, 0.2) is 5.58 Å². The molecule has 72 valence electrons. The molecule has 5 heteroatoms. The molecule has 14 heavy (non-hydrogen) atoms. The lowest BCUT2D eigenvalue weighted by Gasteiger charge is -2.01. The molecule has 0 aliphatic heterocycles. The summed E-state index contributed by atoms with van der Waals surface area (Å²) < 4.78 is 4.91. The smallest absolute Gasteiger partial charge is 0.359 e. The van der Waals surface area contributed by atoms with Gasteiger partial charge in [-0.25, -0.2) is 4.79 Å². The standard InChI is InChI=1S/C9H5Cl2NO2/c10-5-1-2-6(11)8-4(5)3-7(12)9(13)14-8/h1-3H,12H2. The highest BCUT2D eigenvalue weighted by atomic mass is 35.5. The summed E-state index contributed by atoms with van der Waals surface area (Å²) in [5, 5.41) is 1.32. The Bertz CT molecular complexity index is 562. The van der Waals surface area contributed by atoms with Crippen molar-refractivity contribution in [2.24, 2.45) is 0 Å². The highest BCUT2D eigenvalue weighted by molar-refractivity contribution is 6.39. The third-order valence-electron chi connectivity index (χ3n) is 1.83. The maximum atomic E-state index is 11.1. The molecule has 2 aromatic rings. The average Bonchev–Trinajstić information content (AvgIpc) is 2.15. The van der Waals surface area contributed by atoms with Crippen LogP contribution in [0, 0.1) is 0 Å². The summed E-state index contributed by atoms with van der Waals surface area (Å²) in [6.07, 6.45) is 0. The fourth-order valence-electron chi connectivity index (χ4n) is 1.15. The van der Waals surface area contributed by atoms with Crippen LogP contribution in [0.15, 0.2) is 27.4 Å². The Balaban J connectivity index is 3.01. The molecule has 0 fully saturated rings. The van der Waals surface area contributed by atoms with E-state index in [4.69, 9.17) is 33.4 Å². The monoisotopic (exact) mass is 229 g/mol. The quantitative estimate of drug-likeness (QED) is 0.707. The predicted octanol–water partition coefficient (Wildman–Crippen LogP) is 2.68. The number of rotatable bonds is 0. The van der Waals surface area contributed by atoms with Crippen molar-refractivity contribution in [3.8, 4) is 0 Å². The molecular formula is C9H5Cl2NO2. The van der Waals surface area contributed by atoms with Crippen molar-refractivity contribution in [2.45, 2.75) is 0 Å². The van der Waals surface area contributed by atoms with Gasteiger partial charge in [-0.15, -0.1) is 0 Å². The van der Waals surface area contributed by atoms with Gasteiger partial charge in [-0.1, -0.05) is 23.2 Å². The molecule has 0 bridgehead atoms. The number of nitrogen functional groups attached to an aromatic ring is 1. The zero-order chi connectivity index (χ0) is 10.3. The normalized spacial score (nSPS) is 10.7. The first-order valence-electron chi connectivity index (χ1n) is 3.77. The molecule has 0 spiro atoms. The maximum absolute atomic E-state index is 11.1. The number of hydrogen-bond donors (Lipinski definition) is 1. The van der Waals surface area contributed by atoms with E-state index in [0.29, 0.717) is 15.4 Å². The van der Waals surface area contributed by atoms with Gasteiger partial charge in [0, 0.05) is 5.39 Å². The van der Waals surface area contributed by atoms with Crippen molar-refractivity contribution in [2.75, 3.05) is 5.73 Å². The largest absolute Gasteiger partial charge is 0.420 e. The summed E-state index contributed by atoms with van der Waals surface area (Å²) in [7, 11) is 0. The van der Waals surface area contributed by atoms with E-state index in [1.54, 1.807) is 12.1 Å². The molecule has 0 aliphatic rings. The Kier molecular flexibility index (Phi) is 2.13. The molecule has 1 heterocycles. The third-order valence-corrected chi connectivity index (χ3v) is 2.45. The summed E-state index contributed by atoms with van der Waals surface area (Å²) >= 11 is 11.7. The van der Waals surface area contributed by atoms with Crippen molar-refractivity contribution in [1.82, 2.24) is 0 Å². The molecule has 0 amide bonds. The van der Waals surface area contributed by atoms with E-state index in [-0.39, 0.29) is 11.3 Å². The van der Waals surface area contributed by atoms with E-state index in [0.717, 1.165) is 0 Å². The first-order valence-corrected chi connectivity index (χ1v) is 4.52. The van der Waals surface area contributed by atoms with E-state index >= 15 is 0 Å². The van der Waals surface area contributed by atoms with Crippen LogP contribution in [0.2, 0.25) is 10.0 Å². The zero-order valence-electron chi connectivity index (χ0n) is 6.88. The first kappa shape index (κ1) is 9.37. The second kappa shape index (κ2) is 3.19. The lowest BCUT2D eigenvalue weighted by molar-refractivity contribution is 0.564. The summed E-state index contributed by atoms with van der Waals surface area (Å²) in [6.45, 7) is 0. The van der Waals surface area contributed by atoms with E-state index in [1.807, 2.05) is 0 Å². The first-order chi connectivity index (χ1) is 6.59. The average molecular weight is 230 g/mol. The second-order valence-electron chi connectivity index (χ2n) is 2.76. The highest BCUT2D eigenvalue weighted by Crippen LogP contribution is 2.29. The lowest BCUT2D eigenvalue weighted by atomic mass is 10.2.